The second-order valence-corrected chi connectivity index (χ2v) is 4.96. The second kappa shape index (κ2) is 3.30. The van der Waals surface area contributed by atoms with Crippen LogP contribution in [0.5, 0.6) is 0 Å². The van der Waals surface area contributed by atoms with Crippen LogP contribution >= 0.6 is 0 Å². The van der Waals surface area contributed by atoms with E-state index in [9.17, 15) is 0 Å². The number of hydrogen-bond donors (Lipinski definition) is 0. The molecule has 15 heavy (non-hydrogen) atoms. The highest BCUT2D eigenvalue weighted by Crippen LogP contribution is 2.24. The van der Waals surface area contributed by atoms with Gasteiger partial charge in [0.25, 0.3) is 0 Å². The van der Waals surface area contributed by atoms with Crippen molar-refractivity contribution in [2.75, 3.05) is 0 Å². The van der Waals surface area contributed by atoms with Crippen LogP contribution in [-0.2, 0) is 5.41 Å². The van der Waals surface area contributed by atoms with Crippen LogP contribution in [0.1, 0.15) is 32.0 Å². The van der Waals surface area contributed by atoms with Crippen LogP contribution < -0.4 is 0 Å². The van der Waals surface area contributed by atoms with Gasteiger partial charge in [0.15, 0.2) is 0 Å². The number of fused-ring (bicyclic) bond motifs is 1. The maximum Gasteiger partial charge on any atom is 0.0890 e. The first-order chi connectivity index (χ1) is 6.97. The molecule has 78 valence electrons. The van der Waals surface area contributed by atoms with Crippen molar-refractivity contribution in [3.63, 3.8) is 0 Å². The summed E-state index contributed by atoms with van der Waals surface area (Å²) in [6.07, 6.45) is 1.81. The van der Waals surface area contributed by atoms with Crippen LogP contribution in [0.2, 0.25) is 0 Å². The first-order valence-corrected chi connectivity index (χ1v) is 5.21. The van der Waals surface area contributed by atoms with Crippen LogP contribution in [-0.4, -0.2) is 9.97 Å². The van der Waals surface area contributed by atoms with E-state index >= 15 is 0 Å². The molecule has 0 N–H and O–H groups in total. The quantitative estimate of drug-likeness (QED) is 0.652. The number of rotatable bonds is 0. The Morgan fingerprint density at radius 2 is 1.80 bits per heavy atom. The molecule has 1 aromatic carbocycles. The van der Waals surface area contributed by atoms with E-state index in [1.807, 2.05) is 13.1 Å². The van der Waals surface area contributed by atoms with Crippen LogP contribution in [0.4, 0.5) is 0 Å². The highest BCUT2D eigenvalue weighted by molar-refractivity contribution is 5.75. The summed E-state index contributed by atoms with van der Waals surface area (Å²) in [6, 6.07) is 6.31. The van der Waals surface area contributed by atoms with Gasteiger partial charge in [-0.25, -0.2) is 4.98 Å². The lowest BCUT2D eigenvalue weighted by atomic mass is 9.87. The van der Waals surface area contributed by atoms with Crippen molar-refractivity contribution in [3.8, 4) is 0 Å². The van der Waals surface area contributed by atoms with Gasteiger partial charge >= 0.3 is 0 Å². The van der Waals surface area contributed by atoms with Gasteiger partial charge < -0.3 is 0 Å². The third-order valence-corrected chi connectivity index (χ3v) is 2.53. The maximum absolute atomic E-state index is 4.44. The number of benzene rings is 1. The topological polar surface area (TPSA) is 25.8 Å². The molecule has 2 rings (SSSR count). The van der Waals surface area contributed by atoms with Crippen molar-refractivity contribution in [2.24, 2.45) is 0 Å². The Balaban J connectivity index is 2.62. The summed E-state index contributed by atoms with van der Waals surface area (Å²) >= 11 is 0. The van der Waals surface area contributed by atoms with Crippen LogP contribution in [0.3, 0.4) is 0 Å². The van der Waals surface area contributed by atoms with Crippen molar-refractivity contribution in [1.82, 2.24) is 9.97 Å². The Kier molecular flexibility index (Phi) is 2.22. The Morgan fingerprint density at radius 3 is 2.47 bits per heavy atom. The fourth-order valence-corrected chi connectivity index (χ4v) is 1.57. The minimum Gasteiger partial charge on any atom is -0.253 e. The first-order valence-electron chi connectivity index (χ1n) is 5.21. The van der Waals surface area contributed by atoms with Crippen molar-refractivity contribution >= 4 is 11.0 Å². The first kappa shape index (κ1) is 10.1. The molecule has 0 spiro atoms. The molecule has 0 amide bonds. The van der Waals surface area contributed by atoms with Gasteiger partial charge in [0, 0.05) is 6.20 Å². The molecule has 0 saturated heterocycles. The smallest absolute Gasteiger partial charge is 0.0890 e. The van der Waals surface area contributed by atoms with Gasteiger partial charge in [-0.15, -0.1) is 0 Å². The second-order valence-electron chi connectivity index (χ2n) is 4.96. The van der Waals surface area contributed by atoms with Crippen molar-refractivity contribution in [3.05, 3.63) is 35.7 Å². The lowest BCUT2D eigenvalue weighted by molar-refractivity contribution is 0.591. The molecule has 1 heterocycles. The zero-order valence-electron chi connectivity index (χ0n) is 9.70. The van der Waals surface area contributed by atoms with Crippen molar-refractivity contribution < 1.29 is 0 Å². The molecule has 2 nitrogen and oxygen atoms in total. The number of aromatic nitrogens is 2. The van der Waals surface area contributed by atoms with Gasteiger partial charge in [-0.05, 0) is 30.0 Å². The normalized spacial score (nSPS) is 12.0. The van der Waals surface area contributed by atoms with Gasteiger partial charge in [0.05, 0.1) is 16.7 Å². The van der Waals surface area contributed by atoms with Crippen LogP contribution in [0.25, 0.3) is 11.0 Å². The van der Waals surface area contributed by atoms with E-state index in [-0.39, 0.29) is 5.41 Å². The summed E-state index contributed by atoms with van der Waals surface area (Å²) in [5, 5.41) is 0. The average Bonchev–Trinajstić information content (AvgIpc) is 2.15. The van der Waals surface area contributed by atoms with Gasteiger partial charge in [-0.1, -0.05) is 26.8 Å². The van der Waals surface area contributed by atoms with Crippen molar-refractivity contribution in [2.45, 2.75) is 33.1 Å². The summed E-state index contributed by atoms with van der Waals surface area (Å²) < 4.78 is 0. The van der Waals surface area contributed by atoms with E-state index in [0.717, 1.165) is 16.7 Å². The van der Waals surface area contributed by atoms with E-state index < -0.39 is 0 Å². The van der Waals surface area contributed by atoms with E-state index in [1.165, 1.54) is 5.56 Å². The SMILES string of the molecule is Cc1cnc2cc(C(C)(C)C)ccc2n1. The summed E-state index contributed by atoms with van der Waals surface area (Å²) in [5.74, 6) is 0. The van der Waals surface area contributed by atoms with E-state index in [0.29, 0.717) is 0 Å². The molecule has 0 aliphatic rings. The molecule has 1 aromatic heterocycles. The molecule has 0 aliphatic carbocycles. The highest BCUT2D eigenvalue weighted by Gasteiger charge is 2.14. The molecule has 0 atom stereocenters. The van der Waals surface area contributed by atoms with Crippen LogP contribution in [0, 0.1) is 6.92 Å². The standard InChI is InChI=1S/C13H16N2/c1-9-8-14-12-7-10(13(2,3)4)5-6-11(12)15-9/h5-8H,1-4H3. The average molecular weight is 200 g/mol. The van der Waals surface area contributed by atoms with Gasteiger partial charge in [-0.2, -0.15) is 0 Å². The van der Waals surface area contributed by atoms with E-state index in [4.69, 9.17) is 0 Å². The van der Waals surface area contributed by atoms with Gasteiger partial charge in [-0.3, -0.25) is 4.98 Å². The molecule has 0 unspecified atom stereocenters. The molecular formula is C13H16N2. The Morgan fingerprint density at radius 1 is 1.07 bits per heavy atom. The largest absolute Gasteiger partial charge is 0.253 e. The minimum atomic E-state index is 0.167. The summed E-state index contributed by atoms with van der Waals surface area (Å²) in [4.78, 5) is 8.83. The number of hydrogen-bond acceptors (Lipinski definition) is 2. The predicted molar refractivity (Wildman–Crippen MR) is 63.0 cm³/mol. The van der Waals surface area contributed by atoms with Gasteiger partial charge in [0.1, 0.15) is 0 Å². The Labute approximate surface area is 90.4 Å². The zero-order chi connectivity index (χ0) is 11.1. The van der Waals surface area contributed by atoms with Crippen molar-refractivity contribution in [1.29, 1.82) is 0 Å². The maximum atomic E-state index is 4.44. The van der Waals surface area contributed by atoms with Gasteiger partial charge in [0.2, 0.25) is 0 Å². The third-order valence-electron chi connectivity index (χ3n) is 2.53. The zero-order valence-corrected chi connectivity index (χ0v) is 9.70. The molecular weight excluding hydrogens is 184 g/mol. The summed E-state index contributed by atoms with van der Waals surface area (Å²) in [7, 11) is 0. The predicted octanol–water partition coefficient (Wildman–Crippen LogP) is 3.24. The summed E-state index contributed by atoms with van der Waals surface area (Å²) in [5.41, 5.74) is 4.39. The molecule has 0 bridgehead atoms. The molecule has 0 saturated carbocycles. The molecule has 0 radical (unpaired) electrons. The third kappa shape index (κ3) is 1.99. The lowest BCUT2D eigenvalue weighted by Crippen LogP contribution is -2.10. The minimum absolute atomic E-state index is 0.167. The number of aryl methyl sites for hydroxylation is 1. The lowest BCUT2D eigenvalue weighted by Gasteiger charge is -2.18. The molecule has 0 aliphatic heterocycles. The van der Waals surface area contributed by atoms with E-state index in [1.54, 1.807) is 0 Å². The Bertz CT molecular complexity index is 495. The van der Waals surface area contributed by atoms with Crippen LogP contribution in [0.15, 0.2) is 24.4 Å². The fraction of sp³-hybridized carbons (Fsp3) is 0.385. The fourth-order valence-electron chi connectivity index (χ4n) is 1.57. The molecule has 2 heteroatoms. The highest BCUT2D eigenvalue weighted by atomic mass is 14.8. The summed E-state index contributed by atoms with van der Waals surface area (Å²) in [6.45, 7) is 8.57. The number of nitrogens with zero attached hydrogens (tertiary/aromatic N) is 2. The molecule has 0 fully saturated rings. The monoisotopic (exact) mass is 200 g/mol. The van der Waals surface area contributed by atoms with E-state index in [2.05, 4.69) is 48.9 Å². The Hall–Kier alpha value is -1.44. The molecule has 2 aromatic rings.